The van der Waals surface area contributed by atoms with Gasteiger partial charge < -0.3 is 5.32 Å². The van der Waals surface area contributed by atoms with Gasteiger partial charge in [0.15, 0.2) is 0 Å². The summed E-state index contributed by atoms with van der Waals surface area (Å²) >= 11 is 5.40. The second kappa shape index (κ2) is 6.48. The predicted octanol–water partition coefficient (Wildman–Crippen LogP) is 4.23. The third-order valence-electron chi connectivity index (χ3n) is 2.92. The van der Waals surface area contributed by atoms with Crippen LogP contribution >= 0.6 is 27.3 Å². The second-order valence-electron chi connectivity index (χ2n) is 4.23. The topological polar surface area (TPSA) is 37.8 Å². The van der Waals surface area contributed by atoms with Gasteiger partial charge in [-0.25, -0.2) is 9.97 Å². The van der Waals surface area contributed by atoms with Crippen molar-refractivity contribution in [1.82, 2.24) is 9.97 Å². The number of aromatic nitrogens is 2. The Labute approximate surface area is 120 Å². The van der Waals surface area contributed by atoms with Crippen molar-refractivity contribution in [3.8, 4) is 0 Å². The van der Waals surface area contributed by atoms with E-state index < -0.39 is 0 Å². The van der Waals surface area contributed by atoms with Crippen LogP contribution in [0.3, 0.4) is 0 Å². The first-order valence-corrected chi connectivity index (χ1v) is 8.09. The van der Waals surface area contributed by atoms with E-state index >= 15 is 0 Å². The van der Waals surface area contributed by atoms with Gasteiger partial charge in [0, 0.05) is 16.2 Å². The predicted molar refractivity (Wildman–Crippen MR) is 82.9 cm³/mol. The van der Waals surface area contributed by atoms with E-state index in [1.165, 1.54) is 4.88 Å². The van der Waals surface area contributed by atoms with Gasteiger partial charge in [-0.2, -0.15) is 0 Å². The number of hydrogen-bond donors (Lipinski definition) is 1. The number of rotatable bonds is 6. The van der Waals surface area contributed by atoms with Crippen LogP contribution in [0.2, 0.25) is 0 Å². The van der Waals surface area contributed by atoms with Gasteiger partial charge >= 0.3 is 0 Å². The molecule has 0 aliphatic carbocycles. The molecule has 0 aliphatic heterocycles. The average Bonchev–Trinajstić information content (AvgIpc) is 2.82. The van der Waals surface area contributed by atoms with Gasteiger partial charge in [0.05, 0.1) is 5.39 Å². The molecule has 0 fully saturated rings. The summed E-state index contributed by atoms with van der Waals surface area (Å²) < 4.78 is 0. The van der Waals surface area contributed by atoms with Crippen LogP contribution in [0.15, 0.2) is 12.4 Å². The van der Waals surface area contributed by atoms with E-state index in [4.69, 9.17) is 0 Å². The number of hydrogen-bond acceptors (Lipinski definition) is 4. The highest BCUT2D eigenvalue weighted by molar-refractivity contribution is 9.09. The van der Waals surface area contributed by atoms with E-state index in [0.29, 0.717) is 4.83 Å². The summed E-state index contributed by atoms with van der Waals surface area (Å²) in [6.07, 6.45) is 4.96. The molecular formula is C13H18BrN3S. The number of anilines is 1. The maximum Gasteiger partial charge on any atom is 0.138 e. The number of nitrogens with zero attached hydrogens (tertiary/aromatic N) is 2. The Bertz CT molecular complexity index is 512. The molecule has 0 saturated carbocycles. The van der Waals surface area contributed by atoms with Crippen LogP contribution in [0.5, 0.6) is 0 Å². The molecule has 2 heterocycles. The zero-order valence-electron chi connectivity index (χ0n) is 10.7. The minimum Gasteiger partial charge on any atom is -0.369 e. The molecule has 0 bridgehead atoms. The molecular weight excluding hydrogens is 310 g/mol. The summed E-state index contributed by atoms with van der Waals surface area (Å²) in [4.78, 5) is 11.7. The van der Waals surface area contributed by atoms with Crippen molar-refractivity contribution in [3.05, 3.63) is 17.3 Å². The largest absolute Gasteiger partial charge is 0.369 e. The van der Waals surface area contributed by atoms with Crippen LogP contribution in [-0.2, 0) is 6.42 Å². The Morgan fingerprint density at radius 3 is 2.94 bits per heavy atom. The molecule has 0 aromatic carbocycles. The molecule has 5 heteroatoms. The van der Waals surface area contributed by atoms with E-state index in [0.717, 1.165) is 41.8 Å². The molecule has 0 radical (unpaired) electrons. The molecule has 0 saturated heterocycles. The maximum atomic E-state index is 4.35. The fraction of sp³-hybridized carbons (Fsp3) is 0.538. The van der Waals surface area contributed by atoms with Gasteiger partial charge in [0.25, 0.3) is 0 Å². The molecule has 18 heavy (non-hydrogen) atoms. The monoisotopic (exact) mass is 327 g/mol. The van der Waals surface area contributed by atoms with Gasteiger partial charge in [-0.1, -0.05) is 29.8 Å². The van der Waals surface area contributed by atoms with Gasteiger partial charge in [-0.05, 0) is 25.3 Å². The quantitative estimate of drug-likeness (QED) is 0.807. The van der Waals surface area contributed by atoms with Gasteiger partial charge in [0.2, 0.25) is 0 Å². The molecule has 2 aromatic rings. The lowest BCUT2D eigenvalue weighted by Crippen LogP contribution is -2.08. The van der Waals surface area contributed by atoms with Crippen LogP contribution < -0.4 is 5.32 Å². The Morgan fingerprint density at radius 2 is 2.22 bits per heavy atom. The Kier molecular flexibility index (Phi) is 4.95. The molecule has 3 nitrogen and oxygen atoms in total. The van der Waals surface area contributed by atoms with Crippen LogP contribution in [0.1, 0.15) is 31.6 Å². The maximum absolute atomic E-state index is 4.35. The van der Waals surface area contributed by atoms with Gasteiger partial charge in [-0.3, -0.25) is 0 Å². The summed E-state index contributed by atoms with van der Waals surface area (Å²) in [6.45, 7) is 5.30. The highest BCUT2D eigenvalue weighted by Gasteiger charge is 2.08. The number of aryl methyl sites for hydroxylation is 1. The SMILES string of the molecule is CCc1cc2c(NCCC(Br)CC)ncnc2s1. The zero-order chi connectivity index (χ0) is 13.0. The van der Waals surface area contributed by atoms with E-state index in [1.54, 1.807) is 17.7 Å². The number of fused-ring (bicyclic) bond motifs is 1. The van der Waals surface area contributed by atoms with Crippen molar-refractivity contribution in [2.24, 2.45) is 0 Å². The minimum absolute atomic E-state index is 0.580. The van der Waals surface area contributed by atoms with Crippen molar-refractivity contribution in [2.45, 2.75) is 37.9 Å². The van der Waals surface area contributed by atoms with E-state index in [2.05, 4.69) is 51.1 Å². The first kappa shape index (κ1) is 13.7. The lowest BCUT2D eigenvalue weighted by atomic mass is 10.2. The smallest absolute Gasteiger partial charge is 0.138 e. The third kappa shape index (κ3) is 3.20. The lowest BCUT2D eigenvalue weighted by Gasteiger charge is -2.08. The fourth-order valence-electron chi connectivity index (χ4n) is 1.77. The summed E-state index contributed by atoms with van der Waals surface area (Å²) in [7, 11) is 0. The second-order valence-corrected chi connectivity index (χ2v) is 6.64. The lowest BCUT2D eigenvalue weighted by molar-refractivity contribution is 0.773. The molecule has 98 valence electrons. The molecule has 1 atom stereocenters. The van der Waals surface area contributed by atoms with Crippen molar-refractivity contribution in [2.75, 3.05) is 11.9 Å². The van der Waals surface area contributed by atoms with Crippen molar-refractivity contribution in [3.63, 3.8) is 0 Å². The standard InChI is InChI=1S/C13H18BrN3S/c1-3-9(14)5-6-15-12-11-7-10(4-2)18-13(11)17-8-16-12/h7-9H,3-6H2,1-2H3,(H,15,16,17). The van der Waals surface area contributed by atoms with Crippen molar-refractivity contribution >= 4 is 43.3 Å². The van der Waals surface area contributed by atoms with Crippen LogP contribution in [0.4, 0.5) is 5.82 Å². The molecule has 1 unspecified atom stereocenters. The molecule has 2 rings (SSSR count). The third-order valence-corrected chi connectivity index (χ3v) is 5.21. The summed E-state index contributed by atoms with van der Waals surface area (Å²) in [5.74, 6) is 0.965. The van der Waals surface area contributed by atoms with E-state index in [-0.39, 0.29) is 0 Å². The van der Waals surface area contributed by atoms with E-state index in [9.17, 15) is 0 Å². The van der Waals surface area contributed by atoms with Gasteiger partial charge in [0.1, 0.15) is 17.0 Å². The summed E-state index contributed by atoms with van der Waals surface area (Å²) in [5, 5.41) is 4.57. The van der Waals surface area contributed by atoms with Crippen molar-refractivity contribution < 1.29 is 0 Å². The molecule has 0 aliphatic rings. The number of nitrogens with one attached hydrogen (secondary N) is 1. The van der Waals surface area contributed by atoms with Gasteiger partial charge in [-0.15, -0.1) is 11.3 Å². The average molecular weight is 328 g/mol. The molecule has 1 N–H and O–H groups in total. The van der Waals surface area contributed by atoms with Crippen LogP contribution in [-0.4, -0.2) is 21.3 Å². The summed E-state index contributed by atoms with van der Waals surface area (Å²) in [5.41, 5.74) is 0. The minimum atomic E-state index is 0.580. The Morgan fingerprint density at radius 1 is 1.39 bits per heavy atom. The normalized spacial score (nSPS) is 12.8. The Hall–Kier alpha value is -0.680. The molecule has 2 aromatic heterocycles. The highest BCUT2D eigenvalue weighted by Crippen LogP contribution is 2.28. The Balaban J connectivity index is 2.10. The first-order valence-electron chi connectivity index (χ1n) is 6.36. The van der Waals surface area contributed by atoms with E-state index in [1.807, 2.05) is 0 Å². The fourth-order valence-corrected chi connectivity index (χ4v) is 2.94. The molecule has 0 amide bonds. The number of thiophene rings is 1. The number of alkyl halides is 1. The molecule has 0 spiro atoms. The first-order chi connectivity index (χ1) is 8.74. The summed E-state index contributed by atoms with van der Waals surface area (Å²) in [6, 6.07) is 2.20. The van der Waals surface area contributed by atoms with Crippen molar-refractivity contribution in [1.29, 1.82) is 0 Å². The van der Waals surface area contributed by atoms with Crippen LogP contribution in [0, 0.1) is 0 Å². The highest BCUT2D eigenvalue weighted by atomic mass is 79.9. The number of halogens is 1. The van der Waals surface area contributed by atoms with Crippen LogP contribution in [0.25, 0.3) is 10.2 Å². The zero-order valence-corrected chi connectivity index (χ0v) is 13.1.